The second-order valence-electron chi connectivity index (χ2n) is 4.76. The van der Waals surface area contributed by atoms with Crippen LogP contribution in [0.4, 0.5) is 5.69 Å². The first-order chi connectivity index (χ1) is 10.2. The topological polar surface area (TPSA) is 38.0 Å². The molecule has 0 heterocycles. The van der Waals surface area contributed by atoms with Gasteiger partial charge in [0.05, 0.1) is 6.04 Å². The number of anilines is 1. The fourth-order valence-corrected chi connectivity index (χ4v) is 3.29. The molecule has 0 bridgehead atoms. The van der Waals surface area contributed by atoms with Crippen molar-refractivity contribution in [3.8, 4) is 0 Å². The van der Waals surface area contributed by atoms with Crippen LogP contribution in [-0.2, 0) is 0 Å². The Morgan fingerprint density at radius 3 is 2.48 bits per heavy atom. The van der Waals surface area contributed by atoms with Crippen LogP contribution in [0, 0.1) is 0 Å². The Bertz CT molecular complexity index is 611. The third-order valence-corrected chi connectivity index (χ3v) is 4.42. The van der Waals surface area contributed by atoms with Gasteiger partial charge in [0.25, 0.3) is 0 Å². The van der Waals surface area contributed by atoms with E-state index in [0.29, 0.717) is 4.99 Å². The van der Waals surface area contributed by atoms with Crippen LogP contribution in [0.15, 0.2) is 53.4 Å². The summed E-state index contributed by atoms with van der Waals surface area (Å²) in [4.78, 5) is 1.54. The quantitative estimate of drug-likeness (QED) is 0.603. The van der Waals surface area contributed by atoms with Gasteiger partial charge in [-0.05, 0) is 30.4 Å². The van der Waals surface area contributed by atoms with Crippen molar-refractivity contribution in [1.29, 1.82) is 0 Å². The molecule has 0 saturated carbocycles. The highest BCUT2D eigenvalue weighted by atomic mass is 32.2. The third-order valence-electron chi connectivity index (χ3n) is 3.43. The van der Waals surface area contributed by atoms with Gasteiger partial charge in [-0.3, -0.25) is 0 Å². The Kier molecular flexibility index (Phi) is 5.65. The molecule has 0 saturated heterocycles. The van der Waals surface area contributed by atoms with Gasteiger partial charge in [0, 0.05) is 16.1 Å². The highest BCUT2D eigenvalue weighted by Gasteiger charge is 2.14. The predicted octanol–water partition coefficient (Wildman–Crippen LogP) is 4.61. The molecule has 2 nitrogen and oxygen atoms in total. The number of rotatable bonds is 6. The molecular formula is C17H20N2S2. The Balaban J connectivity index is 2.36. The van der Waals surface area contributed by atoms with Gasteiger partial charge in [-0.25, -0.2) is 0 Å². The number of benzene rings is 2. The van der Waals surface area contributed by atoms with E-state index in [1.54, 1.807) is 11.8 Å². The molecule has 110 valence electrons. The van der Waals surface area contributed by atoms with Gasteiger partial charge in [-0.1, -0.05) is 55.5 Å². The Hall–Kier alpha value is -1.52. The molecule has 0 aromatic heterocycles. The van der Waals surface area contributed by atoms with E-state index < -0.39 is 0 Å². The summed E-state index contributed by atoms with van der Waals surface area (Å²) in [6.07, 6.45) is 3.03. The lowest BCUT2D eigenvalue weighted by Crippen LogP contribution is -2.17. The predicted molar refractivity (Wildman–Crippen MR) is 97.2 cm³/mol. The van der Waals surface area contributed by atoms with Gasteiger partial charge in [-0.2, -0.15) is 0 Å². The van der Waals surface area contributed by atoms with Crippen molar-refractivity contribution >= 4 is 34.7 Å². The van der Waals surface area contributed by atoms with E-state index in [4.69, 9.17) is 18.0 Å². The van der Waals surface area contributed by atoms with Gasteiger partial charge in [0.2, 0.25) is 0 Å². The molecule has 1 unspecified atom stereocenters. The SMILES string of the molecule is CCC(Nc1cccc(SC)c1C(N)=S)c1ccccc1. The number of thioether (sulfide) groups is 1. The Morgan fingerprint density at radius 2 is 1.90 bits per heavy atom. The van der Waals surface area contributed by atoms with Crippen molar-refractivity contribution in [1.82, 2.24) is 0 Å². The van der Waals surface area contributed by atoms with Crippen molar-refractivity contribution in [2.45, 2.75) is 24.3 Å². The monoisotopic (exact) mass is 316 g/mol. The second kappa shape index (κ2) is 7.48. The van der Waals surface area contributed by atoms with Crippen LogP contribution in [0.2, 0.25) is 0 Å². The highest BCUT2D eigenvalue weighted by Crippen LogP contribution is 2.30. The molecule has 0 fully saturated rings. The second-order valence-corrected chi connectivity index (χ2v) is 6.05. The van der Waals surface area contributed by atoms with Crippen LogP contribution in [0.3, 0.4) is 0 Å². The summed E-state index contributed by atoms with van der Waals surface area (Å²) >= 11 is 6.89. The van der Waals surface area contributed by atoms with Crippen LogP contribution in [0.5, 0.6) is 0 Å². The molecular weight excluding hydrogens is 296 g/mol. The summed E-state index contributed by atoms with van der Waals surface area (Å²) < 4.78 is 0. The fraction of sp³-hybridized carbons (Fsp3) is 0.235. The maximum Gasteiger partial charge on any atom is 0.107 e. The number of hydrogen-bond acceptors (Lipinski definition) is 3. The van der Waals surface area contributed by atoms with Crippen molar-refractivity contribution < 1.29 is 0 Å². The van der Waals surface area contributed by atoms with Crippen molar-refractivity contribution in [3.63, 3.8) is 0 Å². The van der Waals surface area contributed by atoms with E-state index >= 15 is 0 Å². The number of nitrogens with one attached hydrogen (secondary N) is 1. The van der Waals surface area contributed by atoms with Gasteiger partial charge < -0.3 is 11.1 Å². The minimum absolute atomic E-state index is 0.247. The zero-order valence-corrected chi connectivity index (χ0v) is 13.9. The number of nitrogens with two attached hydrogens (primary N) is 1. The maximum atomic E-state index is 5.92. The minimum atomic E-state index is 0.247. The molecule has 1 atom stereocenters. The van der Waals surface area contributed by atoms with E-state index in [-0.39, 0.29) is 6.04 Å². The maximum absolute atomic E-state index is 5.92. The summed E-state index contributed by atoms with van der Waals surface area (Å²) in [5.41, 5.74) is 9.14. The van der Waals surface area contributed by atoms with Crippen LogP contribution < -0.4 is 11.1 Å². The first kappa shape index (κ1) is 15.9. The zero-order valence-electron chi connectivity index (χ0n) is 12.3. The first-order valence-electron chi connectivity index (χ1n) is 6.95. The summed E-state index contributed by atoms with van der Waals surface area (Å²) in [7, 11) is 0. The lowest BCUT2D eigenvalue weighted by molar-refractivity contribution is 0.749. The summed E-state index contributed by atoms with van der Waals surface area (Å²) in [6.45, 7) is 2.17. The van der Waals surface area contributed by atoms with Crippen LogP contribution in [-0.4, -0.2) is 11.2 Å². The summed E-state index contributed by atoms with van der Waals surface area (Å²) in [5, 5.41) is 3.59. The lowest BCUT2D eigenvalue weighted by atomic mass is 10.0. The summed E-state index contributed by atoms with van der Waals surface area (Å²) in [6, 6.07) is 16.8. The zero-order chi connectivity index (χ0) is 15.2. The molecule has 2 rings (SSSR count). The van der Waals surface area contributed by atoms with E-state index in [0.717, 1.165) is 22.6 Å². The third kappa shape index (κ3) is 3.77. The van der Waals surface area contributed by atoms with Gasteiger partial charge in [0.15, 0.2) is 0 Å². The smallest absolute Gasteiger partial charge is 0.107 e. The average Bonchev–Trinajstić information content (AvgIpc) is 2.52. The Morgan fingerprint density at radius 1 is 1.19 bits per heavy atom. The summed E-state index contributed by atoms with van der Waals surface area (Å²) in [5.74, 6) is 0. The first-order valence-corrected chi connectivity index (χ1v) is 8.59. The standard InChI is InChI=1S/C17H20N2S2/c1-3-13(12-8-5-4-6-9-12)19-14-10-7-11-15(21-2)16(14)17(18)20/h4-11,13,19H,3H2,1-2H3,(H2,18,20). The van der Waals surface area contributed by atoms with Crippen molar-refractivity contribution in [2.75, 3.05) is 11.6 Å². The molecule has 4 heteroatoms. The van der Waals surface area contributed by atoms with Crippen molar-refractivity contribution in [2.24, 2.45) is 5.73 Å². The molecule has 0 aliphatic carbocycles. The van der Waals surface area contributed by atoms with Crippen LogP contribution in [0.1, 0.15) is 30.5 Å². The van der Waals surface area contributed by atoms with Gasteiger partial charge in [0.1, 0.15) is 4.99 Å². The van der Waals surface area contributed by atoms with E-state index in [1.807, 2.05) is 30.5 Å². The van der Waals surface area contributed by atoms with Crippen LogP contribution >= 0.6 is 24.0 Å². The van der Waals surface area contributed by atoms with Gasteiger partial charge in [-0.15, -0.1) is 11.8 Å². The van der Waals surface area contributed by atoms with Crippen molar-refractivity contribution in [3.05, 3.63) is 59.7 Å². The largest absolute Gasteiger partial charge is 0.389 e. The van der Waals surface area contributed by atoms with E-state index in [9.17, 15) is 0 Å². The average molecular weight is 316 g/mol. The van der Waals surface area contributed by atoms with Crippen LogP contribution in [0.25, 0.3) is 0 Å². The van der Waals surface area contributed by atoms with Gasteiger partial charge >= 0.3 is 0 Å². The fourth-order valence-electron chi connectivity index (χ4n) is 2.37. The molecule has 2 aromatic carbocycles. The molecule has 0 spiro atoms. The molecule has 2 aromatic rings. The highest BCUT2D eigenvalue weighted by molar-refractivity contribution is 7.98. The molecule has 3 N–H and O–H groups in total. The number of thiocarbonyl (C=S) groups is 1. The number of hydrogen-bond donors (Lipinski definition) is 2. The minimum Gasteiger partial charge on any atom is -0.389 e. The molecule has 0 aliphatic heterocycles. The normalized spacial score (nSPS) is 11.9. The molecule has 0 radical (unpaired) electrons. The molecule has 0 amide bonds. The Labute approximate surface area is 136 Å². The molecule has 0 aliphatic rings. The molecule has 21 heavy (non-hydrogen) atoms. The lowest BCUT2D eigenvalue weighted by Gasteiger charge is -2.22. The van der Waals surface area contributed by atoms with E-state index in [1.165, 1.54) is 5.56 Å². The van der Waals surface area contributed by atoms with E-state index in [2.05, 4.69) is 36.5 Å².